The van der Waals surface area contributed by atoms with Crippen molar-refractivity contribution in [3.8, 4) is 0 Å². The Labute approximate surface area is 209 Å². The number of carbonyl (C=O) groups is 1. The zero-order chi connectivity index (χ0) is 25.0. The molecule has 2 aromatic heterocycles. The van der Waals surface area contributed by atoms with Crippen molar-refractivity contribution >= 4 is 23.4 Å². The minimum absolute atomic E-state index is 0.203. The van der Waals surface area contributed by atoms with Crippen molar-refractivity contribution in [2.45, 2.75) is 78.2 Å². The Morgan fingerprint density at radius 2 is 2.03 bits per heavy atom. The minimum Gasteiger partial charge on any atom is -0.460 e. The van der Waals surface area contributed by atoms with Crippen LogP contribution in [0.25, 0.3) is 0 Å². The third-order valence-electron chi connectivity index (χ3n) is 6.79. The summed E-state index contributed by atoms with van der Waals surface area (Å²) >= 11 is 0. The van der Waals surface area contributed by atoms with E-state index in [4.69, 9.17) is 9.72 Å². The fourth-order valence-electron chi connectivity index (χ4n) is 4.85. The fourth-order valence-corrected chi connectivity index (χ4v) is 4.85. The van der Waals surface area contributed by atoms with Crippen LogP contribution in [0.4, 0.5) is 17.5 Å². The molecule has 2 aliphatic rings. The SMILES string of the molecule is CCc1c(NC[C@H](C)C(=O)OC(C)(C)C)ncnc1N1CCC(c2ccc3c(n2)NCCC3)CC1. The lowest BCUT2D eigenvalue weighted by Gasteiger charge is -2.34. The van der Waals surface area contributed by atoms with E-state index in [9.17, 15) is 4.79 Å². The number of ether oxygens (including phenoxy) is 1. The highest BCUT2D eigenvalue weighted by Crippen LogP contribution is 2.33. The molecule has 0 amide bonds. The molecule has 0 aliphatic carbocycles. The number of rotatable bonds is 7. The first-order valence-corrected chi connectivity index (χ1v) is 13.0. The zero-order valence-electron chi connectivity index (χ0n) is 21.9. The number of esters is 1. The highest BCUT2D eigenvalue weighted by atomic mass is 16.6. The maximum atomic E-state index is 12.4. The number of nitrogens with zero attached hydrogens (tertiary/aromatic N) is 4. The fraction of sp³-hybridized carbons (Fsp3) is 0.630. The van der Waals surface area contributed by atoms with E-state index in [0.29, 0.717) is 12.5 Å². The largest absolute Gasteiger partial charge is 0.460 e. The van der Waals surface area contributed by atoms with Gasteiger partial charge in [0, 0.05) is 43.4 Å². The molecule has 2 aromatic rings. The molecule has 1 fully saturated rings. The lowest BCUT2D eigenvalue weighted by Crippen LogP contribution is -2.35. The van der Waals surface area contributed by atoms with Gasteiger partial charge in [-0.15, -0.1) is 0 Å². The van der Waals surface area contributed by atoms with E-state index in [2.05, 4.69) is 44.6 Å². The molecule has 190 valence electrons. The van der Waals surface area contributed by atoms with Gasteiger partial charge in [0.25, 0.3) is 0 Å². The number of piperidine rings is 1. The summed E-state index contributed by atoms with van der Waals surface area (Å²) in [6, 6.07) is 4.48. The Hall–Kier alpha value is -2.90. The highest BCUT2D eigenvalue weighted by molar-refractivity contribution is 5.73. The Kier molecular flexibility index (Phi) is 7.77. The summed E-state index contributed by atoms with van der Waals surface area (Å²) in [7, 11) is 0. The quantitative estimate of drug-likeness (QED) is 0.557. The number of hydrogen-bond acceptors (Lipinski definition) is 8. The maximum Gasteiger partial charge on any atom is 0.310 e. The molecule has 4 rings (SSSR count). The van der Waals surface area contributed by atoms with Gasteiger partial charge in [-0.3, -0.25) is 4.79 Å². The zero-order valence-corrected chi connectivity index (χ0v) is 21.9. The lowest BCUT2D eigenvalue weighted by molar-refractivity contribution is -0.158. The Morgan fingerprint density at radius 1 is 1.26 bits per heavy atom. The van der Waals surface area contributed by atoms with Crippen molar-refractivity contribution in [2.75, 3.05) is 41.7 Å². The molecule has 4 heterocycles. The third kappa shape index (κ3) is 6.21. The first-order chi connectivity index (χ1) is 16.7. The van der Waals surface area contributed by atoms with E-state index in [1.807, 2.05) is 27.7 Å². The van der Waals surface area contributed by atoms with Crippen LogP contribution in [0, 0.1) is 5.92 Å². The van der Waals surface area contributed by atoms with Crippen LogP contribution in [-0.2, 0) is 22.4 Å². The van der Waals surface area contributed by atoms with Gasteiger partial charge >= 0.3 is 5.97 Å². The van der Waals surface area contributed by atoms with Gasteiger partial charge in [-0.2, -0.15) is 0 Å². The van der Waals surface area contributed by atoms with Gasteiger partial charge in [0.1, 0.15) is 29.4 Å². The van der Waals surface area contributed by atoms with E-state index in [1.165, 1.54) is 17.7 Å². The molecule has 35 heavy (non-hydrogen) atoms. The lowest BCUT2D eigenvalue weighted by atomic mass is 9.92. The molecule has 8 nitrogen and oxygen atoms in total. The van der Waals surface area contributed by atoms with Gasteiger partial charge < -0.3 is 20.3 Å². The molecule has 0 bridgehead atoms. The smallest absolute Gasteiger partial charge is 0.310 e. The summed E-state index contributed by atoms with van der Waals surface area (Å²) in [5.41, 5.74) is 3.15. The van der Waals surface area contributed by atoms with Crippen molar-refractivity contribution in [2.24, 2.45) is 5.92 Å². The monoisotopic (exact) mass is 480 g/mol. The third-order valence-corrected chi connectivity index (χ3v) is 6.79. The van der Waals surface area contributed by atoms with Gasteiger partial charge in [-0.1, -0.05) is 19.9 Å². The van der Waals surface area contributed by atoms with Crippen molar-refractivity contribution < 1.29 is 9.53 Å². The Bertz CT molecular complexity index is 1030. The number of hydrogen-bond donors (Lipinski definition) is 2. The van der Waals surface area contributed by atoms with Crippen molar-refractivity contribution in [3.05, 3.63) is 35.3 Å². The predicted molar refractivity (Wildman–Crippen MR) is 140 cm³/mol. The molecule has 2 aliphatic heterocycles. The molecular weight excluding hydrogens is 440 g/mol. The summed E-state index contributed by atoms with van der Waals surface area (Å²) in [4.78, 5) is 28.8. The summed E-state index contributed by atoms with van der Waals surface area (Å²) in [6.45, 7) is 13.0. The van der Waals surface area contributed by atoms with E-state index in [1.54, 1.807) is 6.33 Å². The second kappa shape index (κ2) is 10.8. The molecule has 0 radical (unpaired) electrons. The second-order valence-corrected chi connectivity index (χ2v) is 10.7. The average Bonchev–Trinajstić information content (AvgIpc) is 2.85. The van der Waals surface area contributed by atoms with E-state index in [0.717, 1.165) is 68.3 Å². The predicted octanol–water partition coefficient (Wildman–Crippen LogP) is 4.57. The molecular formula is C27H40N6O2. The van der Waals surface area contributed by atoms with Gasteiger partial charge in [0.15, 0.2) is 0 Å². The molecule has 0 saturated carbocycles. The van der Waals surface area contributed by atoms with Crippen LogP contribution in [0.2, 0.25) is 0 Å². The Balaban J connectivity index is 1.39. The number of pyridine rings is 1. The molecule has 1 atom stereocenters. The number of anilines is 3. The first-order valence-electron chi connectivity index (χ1n) is 13.0. The summed E-state index contributed by atoms with van der Waals surface area (Å²) in [6.07, 6.45) is 6.85. The first kappa shape index (κ1) is 25.2. The number of carbonyl (C=O) groups excluding carboxylic acids is 1. The number of fused-ring (bicyclic) bond motifs is 1. The Morgan fingerprint density at radius 3 is 2.74 bits per heavy atom. The van der Waals surface area contributed by atoms with Crippen LogP contribution in [-0.4, -0.2) is 52.7 Å². The number of aromatic nitrogens is 3. The van der Waals surface area contributed by atoms with Crippen LogP contribution in [0.15, 0.2) is 18.5 Å². The molecule has 1 saturated heterocycles. The van der Waals surface area contributed by atoms with Crippen LogP contribution in [0.1, 0.15) is 76.6 Å². The standard InChI is InChI=1S/C27H40N6O2/c1-6-21-24(29-16-18(2)26(34)35-27(3,4)5)30-17-31-25(21)33-14-11-19(12-15-33)22-10-9-20-8-7-13-28-23(20)32-22/h9-10,17-19H,6-8,11-16H2,1-5H3,(H,28,32)(H,29,30,31)/t18-/m0/s1. The number of aryl methyl sites for hydroxylation is 1. The van der Waals surface area contributed by atoms with Gasteiger partial charge in [0.05, 0.1) is 5.92 Å². The summed E-state index contributed by atoms with van der Waals surface area (Å²) < 4.78 is 5.51. The molecule has 0 spiro atoms. The van der Waals surface area contributed by atoms with Gasteiger partial charge in [-0.05, 0) is 64.5 Å². The molecule has 0 unspecified atom stereocenters. The van der Waals surface area contributed by atoms with Crippen molar-refractivity contribution in [1.82, 2.24) is 15.0 Å². The maximum absolute atomic E-state index is 12.4. The van der Waals surface area contributed by atoms with E-state index < -0.39 is 5.60 Å². The molecule has 0 aromatic carbocycles. The summed E-state index contributed by atoms with van der Waals surface area (Å²) in [5.74, 6) is 2.87. The van der Waals surface area contributed by atoms with Gasteiger partial charge in [-0.25, -0.2) is 15.0 Å². The normalized spacial score (nSPS) is 17.3. The van der Waals surface area contributed by atoms with Crippen LogP contribution < -0.4 is 15.5 Å². The second-order valence-electron chi connectivity index (χ2n) is 10.7. The highest BCUT2D eigenvalue weighted by Gasteiger charge is 2.26. The van der Waals surface area contributed by atoms with Crippen molar-refractivity contribution in [3.63, 3.8) is 0 Å². The van der Waals surface area contributed by atoms with Crippen LogP contribution in [0.3, 0.4) is 0 Å². The minimum atomic E-state index is -0.487. The topological polar surface area (TPSA) is 92.3 Å². The van der Waals surface area contributed by atoms with E-state index >= 15 is 0 Å². The van der Waals surface area contributed by atoms with Crippen LogP contribution in [0.5, 0.6) is 0 Å². The van der Waals surface area contributed by atoms with Crippen LogP contribution >= 0.6 is 0 Å². The summed E-state index contributed by atoms with van der Waals surface area (Å²) in [5, 5.41) is 6.84. The number of nitrogens with one attached hydrogen (secondary N) is 2. The molecule has 2 N–H and O–H groups in total. The van der Waals surface area contributed by atoms with E-state index in [-0.39, 0.29) is 11.9 Å². The average molecular weight is 481 g/mol. The van der Waals surface area contributed by atoms with Gasteiger partial charge in [0.2, 0.25) is 0 Å². The van der Waals surface area contributed by atoms with Crippen molar-refractivity contribution in [1.29, 1.82) is 0 Å². The molecule has 8 heteroatoms.